The van der Waals surface area contributed by atoms with Gasteiger partial charge in [-0.1, -0.05) is 13.0 Å². The number of phenols is 1. The van der Waals surface area contributed by atoms with E-state index in [9.17, 15) is 5.11 Å². The minimum atomic E-state index is 0.143. The molecule has 3 heteroatoms. The van der Waals surface area contributed by atoms with E-state index in [2.05, 4.69) is 39.6 Å². The molecule has 1 atom stereocenters. The van der Waals surface area contributed by atoms with E-state index in [4.69, 9.17) is 4.74 Å². The molecule has 1 aromatic rings. The zero-order chi connectivity index (χ0) is 13.9. The van der Waals surface area contributed by atoms with Gasteiger partial charge in [0.25, 0.3) is 0 Å². The minimum Gasteiger partial charge on any atom is -0.504 e. The lowest BCUT2D eigenvalue weighted by Gasteiger charge is -2.39. The first kappa shape index (κ1) is 14.8. The molecule has 0 radical (unpaired) electrons. The smallest absolute Gasteiger partial charge is 0.160 e. The van der Waals surface area contributed by atoms with E-state index in [1.54, 1.807) is 13.2 Å². The fraction of sp³-hybridized carbons (Fsp3) is 0.600. The lowest BCUT2D eigenvalue weighted by molar-refractivity contribution is 0.106. The van der Waals surface area contributed by atoms with Crippen molar-refractivity contribution in [2.45, 2.75) is 45.7 Å². The van der Waals surface area contributed by atoms with Crippen LogP contribution in [0.4, 0.5) is 0 Å². The summed E-state index contributed by atoms with van der Waals surface area (Å²) >= 11 is 0. The van der Waals surface area contributed by atoms with Gasteiger partial charge in [0.2, 0.25) is 0 Å². The lowest BCUT2D eigenvalue weighted by atomic mass is 9.95. The summed E-state index contributed by atoms with van der Waals surface area (Å²) in [6.07, 6.45) is 1.09. The maximum atomic E-state index is 9.62. The maximum Gasteiger partial charge on any atom is 0.160 e. The van der Waals surface area contributed by atoms with Gasteiger partial charge in [-0.2, -0.15) is 0 Å². The Bertz CT molecular complexity index is 401. The standard InChI is InChI=1S/C15H25NO2/c1-7-15(3,4)16(5)11(2)12-8-9-13(17)14(10-12)18-6/h8-11,17H,7H2,1-6H3. The van der Waals surface area contributed by atoms with Crippen molar-refractivity contribution in [3.05, 3.63) is 23.8 Å². The molecule has 1 N–H and O–H groups in total. The van der Waals surface area contributed by atoms with Crippen molar-refractivity contribution in [2.75, 3.05) is 14.2 Å². The number of rotatable bonds is 5. The van der Waals surface area contributed by atoms with Gasteiger partial charge in [-0.15, -0.1) is 0 Å². The van der Waals surface area contributed by atoms with Gasteiger partial charge in [0.15, 0.2) is 11.5 Å². The van der Waals surface area contributed by atoms with Gasteiger partial charge in [-0.3, -0.25) is 4.90 Å². The number of nitrogens with zero attached hydrogens (tertiary/aromatic N) is 1. The van der Waals surface area contributed by atoms with Crippen LogP contribution in [-0.2, 0) is 0 Å². The van der Waals surface area contributed by atoms with Crippen LogP contribution in [0.3, 0.4) is 0 Å². The van der Waals surface area contributed by atoms with Crippen LogP contribution >= 0.6 is 0 Å². The van der Waals surface area contributed by atoms with E-state index < -0.39 is 0 Å². The molecule has 0 fully saturated rings. The highest BCUT2D eigenvalue weighted by Gasteiger charge is 2.26. The summed E-state index contributed by atoms with van der Waals surface area (Å²) in [5.41, 5.74) is 1.29. The van der Waals surface area contributed by atoms with Crippen molar-refractivity contribution in [2.24, 2.45) is 0 Å². The first-order chi connectivity index (χ1) is 8.33. The molecule has 1 rings (SSSR count). The van der Waals surface area contributed by atoms with E-state index in [1.807, 2.05) is 12.1 Å². The number of phenolic OH excluding ortho intramolecular Hbond substituents is 1. The van der Waals surface area contributed by atoms with Crippen molar-refractivity contribution in [3.63, 3.8) is 0 Å². The number of aromatic hydroxyl groups is 1. The molecule has 0 heterocycles. The average Bonchev–Trinajstić information content (AvgIpc) is 2.37. The van der Waals surface area contributed by atoms with Crippen molar-refractivity contribution >= 4 is 0 Å². The maximum absolute atomic E-state index is 9.62. The van der Waals surface area contributed by atoms with Crippen LogP contribution in [0, 0.1) is 0 Å². The second kappa shape index (κ2) is 5.61. The Morgan fingerprint density at radius 1 is 1.39 bits per heavy atom. The van der Waals surface area contributed by atoms with Gasteiger partial charge < -0.3 is 9.84 Å². The highest BCUT2D eigenvalue weighted by molar-refractivity contribution is 5.42. The number of hydrogen-bond donors (Lipinski definition) is 1. The van der Waals surface area contributed by atoms with Gasteiger partial charge in [0, 0.05) is 11.6 Å². The molecule has 0 saturated carbocycles. The number of ether oxygens (including phenoxy) is 1. The van der Waals surface area contributed by atoms with Crippen LogP contribution in [-0.4, -0.2) is 29.7 Å². The summed E-state index contributed by atoms with van der Waals surface area (Å²) in [5.74, 6) is 0.716. The number of methoxy groups -OCH3 is 1. The van der Waals surface area contributed by atoms with Crippen LogP contribution in [0.15, 0.2) is 18.2 Å². The fourth-order valence-corrected chi connectivity index (χ4v) is 1.95. The Morgan fingerprint density at radius 3 is 2.50 bits per heavy atom. The molecular formula is C15H25NO2. The van der Waals surface area contributed by atoms with Gasteiger partial charge in [0.1, 0.15) is 0 Å². The summed E-state index contributed by atoms with van der Waals surface area (Å²) in [5, 5.41) is 9.62. The van der Waals surface area contributed by atoms with E-state index in [0.717, 1.165) is 12.0 Å². The molecule has 0 aromatic heterocycles. The number of benzene rings is 1. The van der Waals surface area contributed by atoms with Gasteiger partial charge in [0.05, 0.1) is 7.11 Å². The SMILES string of the molecule is CCC(C)(C)N(C)C(C)c1ccc(O)c(OC)c1. The van der Waals surface area contributed by atoms with Crippen LogP contribution in [0.5, 0.6) is 11.5 Å². The molecule has 0 aliphatic rings. The van der Waals surface area contributed by atoms with Crippen LogP contribution in [0.2, 0.25) is 0 Å². The fourth-order valence-electron chi connectivity index (χ4n) is 1.95. The van der Waals surface area contributed by atoms with Crippen LogP contribution in [0.25, 0.3) is 0 Å². The Kier molecular flexibility index (Phi) is 4.63. The van der Waals surface area contributed by atoms with Crippen molar-refractivity contribution in [1.82, 2.24) is 4.90 Å². The predicted octanol–water partition coefficient (Wildman–Crippen LogP) is 3.58. The monoisotopic (exact) mass is 251 g/mol. The Labute approximate surface area is 110 Å². The van der Waals surface area contributed by atoms with E-state index in [1.165, 1.54) is 0 Å². The molecule has 102 valence electrons. The van der Waals surface area contributed by atoms with Crippen molar-refractivity contribution in [1.29, 1.82) is 0 Å². The van der Waals surface area contributed by atoms with E-state index in [0.29, 0.717) is 5.75 Å². The normalized spacial score (nSPS) is 13.7. The predicted molar refractivity (Wildman–Crippen MR) is 75.2 cm³/mol. The minimum absolute atomic E-state index is 0.143. The molecule has 0 aliphatic heterocycles. The molecule has 0 amide bonds. The molecule has 1 unspecified atom stereocenters. The Balaban J connectivity index is 3.00. The summed E-state index contributed by atoms with van der Waals surface area (Å²) in [6, 6.07) is 5.82. The Morgan fingerprint density at radius 2 is 2.00 bits per heavy atom. The third kappa shape index (κ3) is 2.96. The van der Waals surface area contributed by atoms with Crippen molar-refractivity contribution in [3.8, 4) is 11.5 Å². The molecule has 0 spiro atoms. The first-order valence-corrected chi connectivity index (χ1v) is 6.43. The van der Waals surface area contributed by atoms with E-state index in [-0.39, 0.29) is 17.3 Å². The zero-order valence-corrected chi connectivity index (χ0v) is 12.3. The second-order valence-electron chi connectivity index (χ2n) is 5.38. The third-order valence-corrected chi connectivity index (χ3v) is 4.09. The average molecular weight is 251 g/mol. The lowest BCUT2D eigenvalue weighted by Crippen LogP contribution is -2.41. The van der Waals surface area contributed by atoms with Crippen molar-refractivity contribution < 1.29 is 9.84 Å². The zero-order valence-electron chi connectivity index (χ0n) is 12.3. The highest BCUT2D eigenvalue weighted by Crippen LogP contribution is 2.33. The highest BCUT2D eigenvalue weighted by atomic mass is 16.5. The quantitative estimate of drug-likeness (QED) is 0.868. The first-order valence-electron chi connectivity index (χ1n) is 6.43. The molecule has 0 bridgehead atoms. The number of hydrogen-bond acceptors (Lipinski definition) is 3. The molecule has 18 heavy (non-hydrogen) atoms. The van der Waals surface area contributed by atoms with E-state index >= 15 is 0 Å². The van der Waals surface area contributed by atoms with Crippen LogP contribution in [0.1, 0.15) is 45.7 Å². The Hall–Kier alpha value is -1.22. The van der Waals surface area contributed by atoms with Gasteiger partial charge in [-0.25, -0.2) is 0 Å². The largest absolute Gasteiger partial charge is 0.504 e. The summed E-state index contributed by atoms with van der Waals surface area (Å²) in [4.78, 5) is 2.35. The molecule has 0 saturated heterocycles. The summed E-state index contributed by atoms with van der Waals surface area (Å²) in [7, 11) is 3.71. The summed E-state index contributed by atoms with van der Waals surface area (Å²) in [6.45, 7) is 8.84. The third-order valence-electron chi connectivity index (χ3n) is 4.09. The molecule has 1 aromatic carbocycles. The second-order valence-corrected chi connectivity index (χ2v) is 5.38. The molecule has 3 nitrogen and oxygen atoms in total. The molecule has 0 aliphatic carbocycles. The topological polar surface area (TPSA) is 32.7 Å². The summed E-state index contributed by atoms with van der Waals surface area (Å²) < 4.78 is 5.16. The molecular weight excluding hydrogens is 226 g/mol. The van der Waals surface area contributed by atoms with Gasteiger partial charge in [-0.05, 0) is 51.9 Å². The van der Waals surface area contributed by atoms with Crippen LogP contribution < -0.4 is 4.74 Å². The van der Waals surface area contributed by atoms with Gasteiger partial charge >= 0.3 is 0 Å².